The second kappa shape index (κ2) is 4.60. The van der Waals surface area contributed by atoms with Crippen molar-refractivity contribution in [3.8, 4) is 10.6 Å². The van der Waals surface area contributed by atoms with Crippen LogP contribution in [0.3, 0.4) is 0 Å². The van der Waals surface area contributed by atoms with Gasteiger partial charge >= 0.3 is 0 Å². The largest absolute Gasteiger partial charge is 0.240 e. The van der Waals surface area contributed by atoms with Crippen LogP contribution in [0.2, 0.25) is 0 Å². The molecule has 0 amide bonds. The molecule has 0 N–H and O–H groups in total. The summed E-state index contributed by atoms with van der Waals surface area (Å²) in [5.74, 6) is 0.0835. The summed E-state index contributed by atoms with van der Waals surface area (Å²) in [4.78, 5) is 4.23. The summed E-state index contributed by atoms with van der Waals surface area (Å²) < 4.78 is 14.3. The standard InChI is InChI=1S/C10H6BrClFNS/c11-6-1-2-9(13)8(3-6)10-14-7(4-12)5-15-10/h1-3,5H,4H2. The van der Waals surface area contributed by atoms with E-state index in [0.717, 1.165) is 10.2 Å². The number of halogens is 3. The van der Waals surface area contributed by atoms with Crippen molar-refractivity contribution in [1.82, 2.24) is 4.98 Å². The van der Waals surface area contributed by atoms with Gasteiger partial charge < -0.3 is 0 Å². The summed E-state index contributed by atoms with van der Waals surface area (Å²) in [6.07, 6.45) is 0. The molecule has 0 spiro atoms. The highest BCUT2D eigenvalue weighted by Crippen LogP contribution is 2.29. The Kier molecular flexibility index (Phi) is 3.38. The minimum Gasteiger partial charge on any atom is -0.240 e. The number of hydrogen-bond acceptors (Lipinski definition) is 2. The van der Waals surface area contributed by atoms with E-state index in [1.54, 1.807) is 12.1 Å². The molecule has 0 aliphatic carbocycles. The molecule has 0 aliphatic rings. The molecule has 1 aromatic carbocycles. The van der Waals surface area contributed by atoms with Gasteiger partial charge in [-0.25, -0.2) is 9.37 Å². The lowest BCUT2D eigenvalue weighted by atomic mass is 10.2. The maximum Gasteiger partial charge on any atom is 0.133 e. The number of benzene rings is 1. The fourth-order valence-corrected chi connectivity index (χ4v) is 2.58. The Bertz CT molecular complexity index is 486. The Morgan fingerprint density at radius 2 is 2.27 bits per heavy atom. The predicted octanol–water partition coefficient (Wildman–Crippen LogP) is 4.45. The van der Waals surface area contributed by atoms with Crippen LogP contribution in [0.4, 0.5) is 4.39 Å². The highest BCUT2D eigenvalue weighted by molar-refractivity contribution is 9.10. The van der Waals surface area contributed by atoms with Crippen molar-refractivity contribution >= 4 is 38.9 Å². The van der Waals surface area contributed by atoms with Crippen LogP contribution in [0.5, 0.6) is 0 Å². The van der Waals surface area contributed by atoms with Crippen LogP contribution >= 0.6 is 38.9 Å². The van der Waals surface area contributed by atoms with Crippen molar-refractivity contribution in [3.05, 3.63) is 39.6 Å². The van der Waals surface area contributed by atoms with Gasteiger partial charge in [-0.3, -0.25) is 0 Å². The quantitative estimate of drug-likeness (QED) is 0.747. The average Bonchev–Trinajstić information content (AvgIpc) is 2.70. The first kappa shape index (κ1) is 11.0. The lowest BCUT2D eigenvalue weighted by molar-refractivity contribution is 0.631. The Labute approximate surface area is 104 Å². The molecule has 0 aliphatic heterocycles. The van der Waals surface area contributed by atoms with Gasteiger partial charge in [0.25, 0.3) is 0 Å². The summed E-state index contributed by atoms with van der Waals surface area (Å²) in [7, 11) is 0. The van der Waals surface area contributed by atoms with Crippen molar-refractivity contribution in [1.29, 1.82) is 0 Å². The molecule has 2 aromatic rings. The molecule has 0 saturated carbocycles. The number of aromatic nitrogens is 1. The topological polar surface area (TPSA) is 12.9 Å². The predicted molar refractivity (Wildman–Crippen MR) is 64.8 cm³/mol. The van der Waals surface area contributed by atoms with Gasteiger partial charge in [0.2, 0.25) is 0 Å². The first-order valence-corrected chi connectivity index (χ1v) is 6.37. The van der Waals surface area contributed by atoms with Gasteiger partial charge in [-0.1, -0.05) is 15.9 Å². The van der Waals surface area contributed by atoms with Crippen molar-refractivity contribution in [2.45, 2.75) is 5.88 Å². The molecule has 1 nitrogen and oxygen atoms in total. The molecular weight excluding hydrogens is 301 g/mol. The molecule has 0 unspecified atom stereocenters. The Morgan fingerprint density at radius 1 is 1.47 bits per heavy atom. The van der Waals surface area contributed by atoms with Crippen LogP contribution < -0.4 is 0 Å². The van der Waals surface area contributed by atoms with Gasteiger partial charge in [0.1, 0.15) is 10.8 Å². The first-order valence-electron chi connectivity index (χ1n) is 4.16. The summed E-state index contributed by atoms with van der Waals surface area (Å²) in [5.41, 5.74) is 1.28. The van der Waals surface area contributed by atoms with Gasteiger partial charge in [0.05, 0.1) is 11.6 Å². The second-order valence-corrected chi connectivity index (χ2v) is 4.94. The molecule has 1 aromatic heterocycles. The summed E-state index contributed by atoms with van der Waals surface area (Å²) in [6, 6.07) is 4.79. The van der Waals surface area contributed by atoms with Crippen LogP contribution in [-0.4, -0.2) is 4.98 Å². The smallest absolute Gasteiger partial charge is 0.133 e. The molecule has 0 atom stereocenters. The maximum atomic E-state index is 13.5. The van der Waals surface area contributed by atoms with Gasteiger partial charge in [0, 0.05) is 15.4 Å². The van der Waals surface area contributed by atoms with Crippen molar-refractivity contribution in [2.75, 3.05) is 0 Å². The number of nitrogens with zero attached hydrogens (tertiary/aromatic N) is 1. The van der Waals surface area contributed by atoms with E-state index in [-0.39, 0.29) is 5.82 Å². The minimum absolute atomic E-state index is 0.270. The Morgan fingerprint density at radius 3 is 2.93 bits per heavy atom. The Hall–Kier alpha value is -0.450. The van der Waals surface area contributed by atoms with E-state index in [2.05, 4.69) is 20.9 Å². The second-order valence-electron chi connectivity index (χ2n) is 2.90. The zero-order valence-corrected chi connectivity index (χ0v) is 10.7. The molecule has 2 rings (SSSR count). The van der Waals surface area contributed by atoms with E-state index in [0.29, 0.717) is 16.5 Å². The van der Waals surface area contributed by atoms with Gasteiger partial charge in [-0.05, 0) is 18.2 Å². The van der Waals surface area contributed by atoms with Gasteiger partial charge in [0.15, 0.2) is 0 Å². The third-order valence-corrected chi connectivity index (χ3v) is 3.54. The average molecular weight is 307 g/mol. The molecule has 78 valence electrons. The molecule has 0 saturated heterocycles. The van der Waals surface area contributed by atoms with Crippen LogP contribution in [0.15, 0.2) is 28.1 Å². The maximum absolute atomic E-state index is 13.5. The van der Waals surface area contributed by atoms with Crippen molar-refractivity contribution in [3.63, 3.8) is 0 Å². The van der Waals surface area contributed by atoms with E-state index in [1.807, 2.05) is 5.38 Å². The van der Waals surface area contributed by atoms with Crippen LogP contribution in [0, 0.1) is 5.82 Å². The highest BCUT2D eigenvalue weighted by atomic mass is 79.9. The summed E-state index contributed by atoms with van der Waals surface area (Å²) >= 11 is 10.3. The van der Waals surface area contributed by atoms with Gasteiger partial charge in [-0.2, -0.15) is 0 Å². The van der Waals surface area contributed by atoms with E-state index >= 15 is 0 Å². The highest BCUT2D eigenvalue weighted by Gasteiger charge is 2.09. The lowest BCUT2D eigenvalue weighted by Gasteiger charge is -1.99. The number of thiazole rings is 1. The summed E-state index contributed by atoms with van der Waals surface area (Å²) in [6.45, 7) is 0. The van der Waals surface area contributed by atoms with Crippen LogP contribution in [0.25, 0.3) is 10.6 Å². The fraction of sp³-hybridized carbons (Fsp3) is 0.100. The monoisotopic (exact) mass is 305 g/mol. The van der Waals surface area contributed by atoms with E-state index in [9.17, 15) is 4.39 Å². The number of hydrogen-bond donors (Lipinski definition) is 0. The third-order valence-electron chi connectivity index (χ3n) is 1.85. The van der Waals surface area contributed by atoms with Crippen molar-refractivity contribution in [2.24, 2.45) is 0 Å². The molecule has 0 radical (unpaired) electrons. The zero-order chi connectivity index (χ0) is 10.8. The Balaban J connectivity index is 2.48. The van der Waals surface area contributed by atoms with E-state index < -0.39 is 0 Å². The molecule has 5 heteroatoms. The summed E-state index contributed by atoms with van der Waals surface area (Å²) in [5, 5.41) is 2.49. The lowest BCUT2D eigenvalue weighted by Crippen LogP contribution is -1.84. The third kappa shape index (κ3) is 2.38. The normalized spacial score (nSPS) is 10.6. The van der Waals surface area contributed by atoms with E-state index in [1.165, 1.54) is 17.4 Å². The van der Waals surface area contributed by atoms with Crippen LogP contribution in [0.1, 0.15) is 5.69 Å². The van der Waals surface area contributed by atoms with Crippen molar-refractivity contribution < 1.29 is 4.39 Å². The number of alkyl halides is 1. The number of rotatable bonds is 2. The van der Waals surface area contributed by atoms with Gasteiger partial charge in [-0.15, -0.1) is 22.9 Å². The first-order chi connectivity index (χ1) is 7.20. The fourth-order valence-electron chi connectivity index (χ4n) is 1.15. The van der Waals surface area contributed by atoms with Crippen LogP contribution in [-0.2, 0) is 5.88 Å². The molecular formula is C10H6BrClFNS. The molecule has 1 heterocycles. The molecule has 15 heavy (non-hydrogen) atoms. The van der Waals surface area contributed by atoms with E-state index in [4.69, 9.17) is 11.6 Å². The minimum atomic E-state index is -0.270. The molecule has 0 bridgehead atoms. The molecule has 0 fully saturated rings. The SMILES string of the molecule is Fc1ccc(Br)cc1-c1nc(CCl)cs1. The zero-order valence-electron chi connectivity index (χ0n) is 7.51.